The van der Waals surface area contributed by atoms with Gasteiger partial charge in [0.25, 0.3) is 0 Å². The number of allylic oxidation sites excluding steroid dienone is 1. The third-order valence-electron chi connectivity index (χ3n) is 4.92. The number of anilines is 1. The van der Waals surface area contributed by atoms with Gasteiger partial charge in [-0.2, -0.15) is 0 Å². The summed E-state index contributed by atoms with van der Waals surface area (Å²) in [5.41, 5.74) is 0.912. The average molecular weight is 448 g/mol. The van der Waals surface area contributed by atoms with Gasteiger partial charge in [-0.25, -0.2) is 0 Å². The first-order valence-corrected chi connectivity index (χ1v) is 12.3. The van der Waals surface area contributed by atoms with Gasteiger partial charge in [0.15, 0.2) is 5.78 Å². The second-order valence-electron chi connectivity index (χ2n) is 7.50. The van der Waals surface area contributed by atoms with E-state index in [0.29, 0.717) is 9.21 Å². The van der Waals surface area contributed by atoms with Crippen LogP contribution in [0.3, 0.4) is 0 Å². The molecule has 1 heterocycles. The van der Waals surface area contributed by atoms with E-state index in [1.165, 1.54) is 75.2 Å². The van der Waals surface area contributed by atoms with Gasteiger partial charge in [0.2, 0.25) is 0 Å². The molecule has 2 rings (SSSR count). The molecule has 0 radical (unpaired) electrons. The Kier molecular flexibility index (Phi) is 12.3. The highest BCUT2D eigenvalue weighted by atomic mass is 35.5. The van der Waals surface area contributed by atoms with E-state index in [2.05, 4.69) is 12.2 Å². The van der Waals surface area contributed by atoms with E-state index in [0.717, 1.165) is 24.5 Å². The highest BCUT2D eigenvalue weighted by molar-refractivity contribution is 7.18. The Morgan fingerprint density at radius 2 is 1.57 bits per heavy atom. The van der Waals surface area contributed by atoms with E-state index in [-0.39, 0.29) is 5.78 Å². The van der Waals surface area contributed by atoms with Crippen molar-refractivity contribution in [1.29, 1.82) is 0 Å². The summed E-state index contributed by atoms with van der Waals surface area (Å²) in [6, 6.07) is 11.3. The number of benzene rings is 1. The molecule has 0 amide bonds. The van der Waals surface area contributed by atoms with Gasteiger partial charge >= 0.3 is 0 Å². The predicted octanol–water partition coefficient (Wildman–Crippen LogP) is 8.51. The van der Waals surface area contributed by atoms with E-state index in [4.69, 9.17) is 16.3 Å². The molecule has 1 N–H and O–H groups in total. The molecule has 0 aliphatic rings. The van der Waals surface area contributed by atoms with Crippen molar-refractivity contribution in [3.8, 4) is 5.75 Å². The number of nitrogens with one attached hydrogen (secondary N) is 1. The van der Waals surface area contributed by atoms with Crippen LogP contribution in [-0.4, -0.2) is 12.4 Å². The Morgan fingerprint density at radius 3 is 2.17 bits per heavy atom. The molecule has 5 heteroatoms. The lowest BCUT2D eigenvalue weighted by Crippen LogP contribution is -1.97. The minimum atomic E-state index is -0.0594. The maximum atomic E-state index is 12.0. The summed E-state index contributed by atoms with van der Waals surface area (Å²) in [4.78, 5) is 12.6. The number of thiophene rings is 1. The van der Waals surface area contributed by atoms with Gasteiger partial charge in [-0.15, -0.1) is 11.3 Å². The monoisotopic (exact) mass is 447 g/mol. The van der Waals surface area contributed by atoms with Gasteiger partial charge in [-0.3, -0.25) is 4.79 Å². The van der Waals surface area contributed by atoms with Crippen LogP contribution in [0.2, 0.25) is 4.34 Å². The SMILES string of the molecule is CCCCCCCCCCCCOc1ccc(N/C=C\C(=O)c2ccc(Cl)s2)cc1. The van der Waals surface area contributed by atoms with Gasteiger partial charge in [-0.05, 0) is 42.8 Å². The Bertz CT molecular complexity index is 755. The Morgan fingerprint density at radius 1 is 0.933 bits per heavy atom. The van der Waals surface area contributed by atoms with Crippen LogP contribution in [0.1, 0.15) is 80.8 Å². The second kappa shape index (κ2) is 15.1. The molecule has 30 heavy (non-hydrogen) atoms. The molecule has 0 bridgehead atoms. The summed E-state index contributed by atoms with van der Waals surface area (Å²) in [5, 5.41) is 3.11. The molecular formula is C25H34ClNO2S. The van der Waals surface area contributed by atoms with Crippen LogP contribution in [0.15, 0.2) is 48.7 Å². The van der Waals surface area contributed by atoms with Gasteiger partial charge in [-0.1, -0.05) is 76.3 Å². The summed E-state index contributed by atoms with van der Waals surface area (Å²) in [6.07, 6.45) is 16.4. The largest absolute Gasteiger partial charge is 0.494 e. The number of ketones is 1. The Hall–Kier alpha value is -1.78. The maximum Gasteiger partial charge on any atom is 0.197 e. The van der Waals surface area contributed by atoms with Crippen molar-refractivity contribution in [3.63, 3.8) is 0 Å². The van der Waals surface area contributed by atoms with Crippen LogP contribution in [0.4, 0.5) is 5.69 Å². The van der Waals surface area contributed by atoms with Crippen molar-refractivity contribution in [3.05, 3.63) is 57.9 Å². The molecule has 1 aromatic carbocycles. The molecule has 0 aliphatic heterocycles. The van der Waals surface area contributed by atoms with E-state index in [1.54, 1.807) is 18.3 Å². The highest BCUT2D eigenvalue weighted by Crippen LogP contribution is 2.22. The molecule has 3 nitrogen and oxygen atoms in total. The Labute approximate surface area is 190 Å². The smallest absolute Gasteiger partial charge is 0.197 e. The quantitative estimate of drug-likeness (QED) is 0.159. The fourth-order valence-electron chi connectivity index (χ4n) is 3.17. The normalized spacial score (nSPS) is 11.1. The zero-order chi connectivity index (χ0) is 21.4. The number of hydrogen-bond donors (Lipinski definition) is 1. The van der Waals surface area contributed by atoms with Gasteiger partial charge in [0.1, 0.15) is 5.75 Å². The highest BCUT2D eigenvalue weighted by Gasteiger charge is 2.04. The zero-order valence-electron chi connectivity index (χ0n) is 18.0. The molecule has 0 aliphatic carbocycles. The van der Waals surface area contributed by atoms with E-state index in [1.807, 2.05) is 24.3 Å². The molecule has 0 fully saturated rings. The number of halogens is 1. The third kappa shape index (κ3) is 10.3. The van der Waals surface area contributed by atoms with Crippen molar-refractivity contribution >= 4 is 34.4 Å². The number of rotatable bonds is 16. The summed E-state index contributed by atoms with van der Waals surface area (Å²) in [7, 11) is 0. The topological polar surface area (TPSA) is 38.3 Å². The standard InChI is InChI=1S/C25H34ClNO2S/c1-2-3-4-5-6-7-8-9-10-11-20-29-22-14-12-21(13-15-22)27-19-18-23(28)24-16-17-25(26)30-24/h12-19,27H,2-11,20H2,1H3/b19-18-. The molecule has 0 spiro atoms. The second-order valence-corrected chi connectivity index (χ2v) is 9.22. The summed E-state index contributed by atoms with van der Waals surface area (Å²) >= 11 is 7.14. The van der Waals surface area contributed by atoms with Crippen LogP contribution < -0.4 is 10.1 Å². The fourth-order valence-corrected chi connectivity index (χ4v) is 4.13. The van der Waals surface area contributed by atoms with Crippen molar-refractivity contribution in [2.75, 3.05) is 11.9 Å². The van der Waals surface area contributed by atoms with Crippen molar-refractivity contribution in [2.45, 2.75) is 71.1 Å². The van der Waals surface area contributed by atoms with Crippen LogP contribution in [0.5, 0.6) is 5.75 Å². The lowest BCUT2D eigenvalue weighted by Gasteiger charge is -2.07. The fraction of sp³-hybridized carbons (Fsp3) is 0.480. The van der Waals surface area contributed by atoms with Gasteiger partial charge in [0, 0.05) is 18.0 Å². The predicted molar refractivity (Wildman–Crippen MR) is 130 cm³/mol. The lowest BCUT2D eigenvalue weighted by molar-refractivity contribution is 0.105. The van der Waals surface area contributed by atoms with Crippen molar-refractivity contribution in [1.82, 2.24) is 0 Å². The van der Waals surface area contributed by atoms with Gasteiger partial charge in [0.05, 0.1) is 15.8 Å². The average Bonchev–Trinajstić information content (AvgIpc) is 3.19. The summed E-state index contributed by atoms with van der Waals surface area (Å²) < 4.78 is 6.44. The number of unbranched alkanes of at least 4 members (excludes halogenated alkanes) is 9. The van der Waals surface area contributed by atoms with Crippen LogP contribution >= 0.6 is 22.9 Å². The lowest BCUT2D eigenvalue weighted by atomic mass is 10.1. The van der Waals surface area contributed by atoms with Crippen LogP contribution in [0.25, 0.3) is 0 Å². The van der Waals surface area contributed by atoms with Crippen molar-refractivity contribution < 1.29 is 9.53 Å². The first-order valence-electron chi connectivity index (χ1n) is 11.1. The molecule has 164 valence electrons. The molecule has 0 saturated heterocycles. The molecular weight excluding hydrogens is 414 g/mol. The summed E-state index contributed by atoms with van der Waals surface area (Å²) in [5.74, 6) is 0.820. The van der Waals surface area contributed by atoms with Gasteiger partial charge < -0.3 is 10.1 Å². The third-order valence-corrected chi connectivity index (χ3v) is 6.17. The first-order chi connectivity index (χ1) is 14.7. The Balaban J connectivity index is 1.53. The van der Waals surface area contributed by atoms with Crippen molar-refractivity contribution in [2.24, 2.45) is 0 Å². The number of carbonyl (C=O) groups is 1. The minimum absolute atomic E-state index is 0.0594. The minimum Gasteiger partial charge on any atom is -0.494 e. The molecule has 0 saturated carbocycles. The number of ether oxygens (including phenoxy) is 1. The molecule has 0 atom stereocenters. The first kappa shape index (κ1) is 24.5. The van der Waals surface area contributed by atoms with Crippen LogP contribution in [-0.2, 0) is 0 Å². The van der Waals surface area contributed by atoms with E-state index in [9.17, 15) is 4.79 Å². The van der Waals surface area contributed by atoms with Crippen LogP contribution in [0, 0.1) is 0 Å². The van der Waals surface area contributed by atoms with E-state index >= 15 is 0 Å². The molecule has 2 aromatic rings. The molecule has 0 unspecified atom stereocenters. The zero-order valence-corrected chi connectivity index (χ0v) is 19.6. The van der Waals surface area contributed by atoms with E-state index < -0.39 is 0 Å². The number of hydrogen-bond acceptors (Lipinski definition) is 4. The maximum absolute atomic E-state index is 12.0. The number of carbonyl (C=O) groups excluding carboxylic acids is 1. The summed E-state index contributed by atoms with van der Waals surface area (Å²) in [6.45, 7) is 3.03. The molecule has 1 aromatic heterocycles.